The van der Waals surface area contributed by atoms with Gasteiger partial charge in [0.15, 0.2) is 23.2 Å². The second-order valence-electron chi connectivity index (χ2n) is 12.7. The van der Waals surface area contributed by atoms with Gasteiger partial charge in [0.25, 0.3) is 0 Å². The second kappa shape index (κ2) is 14.6. The number of halogens is 4. The summed E-state index contributed by atoms with van der Waals surface area (Å²) < 4.78 is 71.2. The van der Waals surface area contributed by atoms with E-state index in [2.05, 4.69) is 10.6 Å². The van der Waals surface area contributed by atoms with Crippen LogP contribution in [0.5, 0.6) is 11.5 Å². The molecule has 2 N–H and O–H groups in total. The van der Waals surface area contributed by atoms with Gasteiger partial charge in [0, 0.05) is 12.5 Å². The molecule has 0 spiro atoms. The Morgan fingerprint density at radius 3 is 2.26 bits per heavy atom. The third-order valence-corrected chi connectivity index (χ3v) is 7.88. The first-order valence-electron chi connectivity index (χ1n) is 15.6. The quantitative estimate of drug-likeness (QED) is 0.180. The number of nitrogens with one attached hydrogen (secondary N) is 2. The average Bonchev–Trinajstić information content (AvgIpc) is 3.39. The van der Waals surface area contributed by atoms with Crippen molar-refractivity contribution in [1.82, 2.24) is 10.6 Å². The minimum absolute atomic E-state index is 0.00473. The molecule has 0 saturated carbocycles. The van der Waals surface area contributed by atoms with E-state index in [9.17, 15) is 41.5 Å². The molecule has 15 heteroatoms. The lowest BCUT2D eigenvalue weighted by molar-refractivity contribution is -0.156. The highest BCUT2D eigenvalue weighted by Gasteiger charge is 2.45. The maximum absolute atomic E-state index is 14.2. The van der Waals surface area contributed by atoms with E-state index < -0.39 is 95.4 Å². The average molecular weight is 700 g/mol. The normalized spacial score (nSPS) is 17.3. The summed E-state index contributed by atoms with van der Waals surface area (Å²) >= 11 is 0. The maximum atomic E-state index is 14.2. The fraction of sp³-hybridized carbons (Fsp3) is 0.343. The van der Waals surface area contributed by atoms with Gasteiger partial charge < -0.3 is 24.8 Å². The number of para-hydroxylation sites is 2. The molecule has 0 fully saturated rings. The van der Waals surface area contributed by atoms with Gasteiger partial charge in [0.05, 0.1) is 12.1 Å². The predicted molar refractivity (Wildman–Crippen MR) is 168 cm³/mol. The summed E-state index contributed by atoms with van der Waals surface area (Å²) in [5, 5.41) is 4.99. The number of Topliss-reactive ketones (excluding diaryl/α,β-unsaturated/α-hetero) is 1. The zero-order valence-corrected chi connectivity index (χ0v) is 27.2. The maximum Gasteiger partial charge on any atom is 0.413 e. The van der Waals surface area contributed by atoms with E-state index in [0.29, 0.717) is 17.7 Å². The molecule has 3 amide bonds. The highest BCUT2D eigenvalue weighted by atomic mass is 19.2. The monoisotopic (exact) mass is 699 g/mol. The van der Waals surface area contributed by atoms with Crippen LogP contribution < -0.4 is 25.0 Å². The van der Waals surface area contributed by atoms with Gasteiger partial charge in [0.1, 0.15) is 36.1 Å². The van der Waals surface area contributed by atoms with Crippen LogP contribution in [0.3, 0.4) is 0 Å². The lowest BCUT2D eigenvalue weighted by atomic mass is 10.0. The number of anilines is 1. The summed E-state index contributed by atoms with van der Waals surface area (Å²) in [6, 6.07) is 9.32. The molecule has 0 aromatic heterocycles. The van der Waals surface area contributed by atoms with E-state index in [0.717, 1.165) is 5.56 Å². The van der Waals surface area contributed by atoms with Gasteiger partial charge >= 0.3 is 12.1 Å². The fourth-order valence-electron chi connectivity index (χ4n) is 5.73. The number of aryl methyl sites for hydroxylation is 1. The van der Waals surface area contributed by atoms with Gasteiger partial charge in [-0.25, -0.2) is 13.6 Å². The zero-order chi connectivity index (χ0) is 36.3. The summed E-state index contributed by atoms with van der Waals surface area (Å²) in [4.78, 5) is 68.0. The molecular weight excluding hydrogens is 666 g/mol. The van der Waals surface area contributed by atoms with Crippen LogP contribution in [0.1, 0.15) is 44.7 Å². The summed E-state index contributed by atoms with van der Waals surface area (Å²) in [6.45, 7) is 3.47. The van der Waals surface area contributed by atoms with Crippen molar-refractivity contribution in [2.24, 2.45) is 0 Å². The minimum atomic E-state index is -1.89. The van der Waals surface area contributed by atoms with Crippen molar-refractivity contribution in [2.45, 2.75) is 70.2 Å². The number of nitrogens with zero attached hydrogens (tertiary/aromatic N) is 1. The number of hydrogen-bond acceptors (Lipinski definition) is 8. The Hall–Kier alpha value is -5.47. The van der Waals surface area contributed by atoms with Crippen LogP contribution in [0.15, 0.2) is 54.6 Å². The summed E-state index contributed by atoms with van der Waals surface area (Å²) in [5.41, 5.74) is 0.840. The highest BCUT2D eigenvalue weighted by molar-refractivity contribution is 6.08. The molecule has 3 aromatic rings. The minimum Gasteiger partial charge on any atom is -0.479 e. The molecule has 3 atom stereocenters. The molecule has 2 aliphatic heterocycles. The molecule has 50 heavy (non-hydrogen) atoms. The summed E-state index contributed by atoms with van der Waals surface area (Å²) in [7, 11) is 0. The molecule has 0 saturated heterocycles. The molecule has 5 rings (SSSR count). The molecule has 0 bridgehead atoms. The number of benzene rings is 3. The van der Waals surface area contributed by atoms with Gasteiger partial charge in [0.2, 0.25) is 23.4 Å². The van der Waals surface area contributed by atoms with Crippen molar-refractivity contribution in [1.29, 1.82) is 0 Å². The molecule has 3 aromatic carbocycles. The molecule has 2 heterocycles. The third kappa shape index (κ3) is 8.04. The van der Waals surface area contributed by atoms with E-state index in [-0.39, 0.29) is 24.7 Å². The Morgan fingerprint density at radius 2 is 1.60 bits per heavy atom. The van der Waals surface area contributed by atoms with Crippen molar-refractivity contribution >= 4 is 35.3 Å². The molecule has 0 aliphatic carbocycles. The third-order valence-electron chi connectivity index (χ3n) is 7.88. The number of ether oxygens (including phenoxy) is 3. The number of rotatable bonds is 10. The van der Waals surface area contributed by atoms with Crippen LogP contribution >= 0.6 is 0 Å². The number of esters is 1. The first-order chi connectivity index (χ1) is 23.6. The predicted octanol–water partition coefficient (Wildman–Crippen LogP) is 4.47. The number of amides is 3. The molecule has 2 aliphatic rings. The Morgan fingerprint density at radius 1 is 0.940 bits per heavy atom. The van der Waals surface area contributed by atoms with E-state index in [1.54, 1.807) is 69.3 Å². The van der Waals surface area contributed by atoms with Crippen LogP contribution in [0, 0.1) is 23.3 Å². The van der Waals surface area contributed by atoms with Crippen LogP contribution in [-0.2, 0) is 36.8 Å². The lowest BCUT2D eigenvalue weighted by Gasteiger charge is -2.29. The highest BCUT2D eigenvalue weighted by Crippen LogP contribution is 2.39. The van der Waals surface area contributed by atoms with E-state index >= 15 is 0 Å². The van der Waals surface area contributed by atoms with Crippen molar-refractivity contribution in [3.05, 3.63) is 89.0 Å². The van der Waals surface area contributed by atoms with Crippen molar-refractivity contribution in [3.8, 4) is 11.5 Å². The first-order valence-corrected chi connectivity index (χ1v) is 15.6. The molecule has 0 radical (unpaired) electrons. The number of hydrogen-bond donors (Lipinski definition) is 2. The molecule has 264 valence electrons. The smallest absolute Gasteiger partial charge is 0.413 e. The van der Waals surface area contributed by atoms with Crippen LogP contribution in [-0.4, -0.2) is 60.0 Å². The van der Waals surface area contributed by atoms with Gasteiger partial charge in [-0.3, -0.25) is 24.1 Å². The van der Waals surface area contributed by atoms with Crippen LogP contribution in [0.25, 0.3) is 0 Å². The standard InChI is InChI=1S/C35H33F4N3O8/c1-35(2,3)50-27(44)16-24(26(43)17-48-31-28(38)21(36)15-22(37)29(31)39)40-32(45)25-14-19-9-7-8-18-12-13-23(33(46)42(25)30(18)19)41-34(47)49-20-10-5-4-6-11-20/h4-11,15,23-25H,12-14,16-17H2,1-3H3,(H,40,45)(H,41,47). The molecular formula is C35H33F4N3O8. The molecule has 11 nitrogen and oxygen atoms in total. The van der Waals surface area contributed by atoms with Gasteiger partial charge in [-0.1, -0.05) is 36.4 Å². The van der Waals surface area contributed by atoms with E-state index in [1.807, 2.05) is 0 Å². The molecule has 3 unspecified atom stereocenters. The van der Waals surface area contributed by atoms with Crippen molar-refractivity contribution in [2.75, 3.05) is 11.5 Å². The van der Waals surface area contributed by atoms with Gasteiger partial charge in [-0.15, -0.1) is 0 Å². The zero-order valence-electron chi connectivity index (χ0n) is 27.2. The van der Waals surface area contributed by atoms with Crippen molar-refractivity contribution < 1.29 is 55.7 Å². The number of ketones is 1. The topological polar surface area (TPSA) is 140 Å². The Bertz CT molecular complexity index is 1810. The largest absolute Gasteiger partial charge is 0.479 e. The number of carbonyl (C=O) groups excluding carboxylic acids is 5. The van der Waals surface area contributed by atoms with Crippen LogP contribution in [0.4, 0.5) is 28.0 Å². The van der Waals surface area contributed by atoms with E-state index in [1.165, 1.54) is 4.90 Å². The fourth-order valence-corrected chi connectivity index (χ4v) is 5.73. The van der Waals surface area contributed by atoms with Crippen molar-refractivity contribution in [3.63, 3.8) is 0 Å². The van der Waals surface area contributed by atoms with Gasteiger partial charge in [-0.05, 0) is 56.9 Å². The lowest BCUT2D eigenvalue weighted by Crippen LogP contribution is -2.57. The Balaban J connectivity index is 1.37. The van der Waals surface area contributed by atoms with Gasteiger partial charge in [-0.2, -0.15) is 8.78 Å². The Kier molecular flexibility index (Phi) is 10.4. The Labute approximate surface area is 283 Å². The summed E-state index contributed by atoms with van der Waals surface area (Å²) in [6.07, 6.45) is -1.11. The number of carbonyl (C=O) groups is 5. The summed E-state index contributed by atoms with van der Waals surface area (Å²) in [5.74, 6) is -12.1. The first kappa shape index (κ1) is 35.8. The van der Waals surface area contributed by atoms with Crippen LogP contribution in [0.2, 0.25) is 0 Å². The second-order valence-corrected chi connectivity index (χ2v) is 12.7. The van der Waals surface area contributed by atoms with E-state index in [4.69, 9.17) is 14.2 Å². The SMILES string of the molecule is CC(C)(C)OC(=O)CC(NC(=O)C1Cc2cccc3c2N1C(=O)C(NC(=O)Oc1ccccc1)CC3)C(=O)COc1c(F)c(F)cc(F)c1F.